The predicted molar refractivity (Wildman–Crippen MR) is 102 cm³/mol. The van der Waals surface area contributed by atoms with Crippen LogP contribution in [-0.4, -0.2) is 34.4 Å². The molecular formula is C19H38N2O5. The molecule has 7 nitrogen and oxygen atoms in total. The molecule has 7 heteroatoms. The second-order valence-corrected chi connectivity index (χ2v) is 7.50. The average Bonchev–Trinajstić information content (AvgIpc) is 2.55. The molecule has 0 rings (SSSR count). The van der Waals surface area contributed by atoms with Crippen molar-refractivity contribution >= 4 is 5.91 Å². The van der Waals surface area contributed by atoms with E-state index in [1.165, 1.54) is 58.8 Å². The lowest BCUT2D eigenvalue weighted by Crippen LogP contribution is -2.41. The molecule has 0 saturated heterocycles. The van der Waals surface area contributed by atoms with Gasteiger partial charge >= 0.3 is 0 Å². The lowest BCUT2D eigenvalue weighted by Gasteiger charge is -2.27. The van der Waals surface area contributed by atoms with E-state index in [1.807, 2.05) is 0 Å². The normalized spacial score (nSPS) is 12.6. The summed E-state index contributed by atoms with van der Waals surface area (Å²) in [6.45, 7) is 5.63. The van der Waals surface area contributed by atoms with Crippen molar-refractivity contribution in [1.29, 1.82) is 0 Å². The van der Waals surface area contributed by atoms with Crippen molar-refractivity contribution < 1.29 is 19.8 Å². The number of carbonyl (C=O) groups is 1. The minimum absolute atomic E-state index is 0.0308. The summed E-state index contributed by atoms with van der Waals surface area (Å²) in [6, 6.07) is 0. The third-order valence-electron chi connectivity index (χ3n) is 4.60. The van der Waals surface area contributed by atoms with Gasteiger partial charge in [-0.3, -0.25) is 4.79 Å². The minimum Gasteiger partial charge on any atom is -0.391 e. The number of rotatable bonds is 17. The average molecular weight is 375 g/mol. The molecule has 0 spiro atoms. The first-order valence-corrected chi connectivity index (χ1v) is 10.1. The van der Waals surface area contributed by atoms with Crippen LogP contribution in [0.5, 0.6) is 0 Å². The van der Waals surface area contributed by atoms with Crippen molar-refractivity contribution in [3.63, 3.8) is 0 Å². The SMILES string of the molecule is CCCCCCCCCCCC(=O)NCCCC(O)C(C)(C)O[N+](=O)[O-]. The lowest BCUT2D eigenvalue weighted by molar-refractivity contribution is -0.781. The Morgan fingerprint density at radius 2 is 1.62 bits per heavy atom. The summed E-state index contributed by atoms with van der Waals surface area (Å²) < 4.78 is 0. The summed E-state index contributed by atoms with van der Waals surface area (Å²) >= 11 is 0. The van der Waals surface area contributed by atoms with Gasteiger partial charge in [-0.1, -0.05) is 58.3 Å². The number of aliphatic hydroxyl groups is 1. The highest BCUT2D eigenvalue weighted by Gasteiger charge is 2.31. The van der Waals surface area contributed by atoms with Gasteiger partial charge in [-0.25, -0.2) is 0 Å². The molecule has 1 atom stereocenters. The molecule has 0 aromatic heterocycles. The van der Waals surface area contributed by atoms with E-state index in [0.29, 0.717) is 25.8 Å². The maximum absolute atomic E-state index is 11.7. The Bertz CT molecular complexity index is 388. The molecule has 0 aliphatic carbocycles. The van der Waals surface area contributed by atoms with Gasteiger partial charge < -0.3 is 15.3 Å². The van der Waals surface area contributed by atoms with Crippen molar-refractivity contribution in [1.82, 2.24) is 5.32 Å². The molecule has 0 radical (unpaired) electrons. The van der Waals surface area contributed by atoms with Crippen molar-refractivity contribution in [2.45, 2.75) is 110 Å². The predicted octanol–water partition coefficient (Wildman–Crippen LogP) is 4.15. The maximum Gasteiger partial charge on any atom is 0.295 e. The number of carbonyl (C=O) groups excluding carboxylic acids is 1. The number of aliphatic hydroxyl groups excluding tert-OH is 1. The number of hydrogen-bond donors (Lipinski definition) is 2. The summed E-state index contributed by atoms with van der Waals surface area (Å²) in [7, 11) is 0. The van der Waals surface area contributed by atoms with Crippen LogP contribution in [0.2, 0.25) is 0 Å². The molecule has 0 aliphatic rings. The Labute approximate surface area is 158 Å². The highest BCUT2D eigenvalue weighted by molar-refractivity contribution is 5.75. The van der Waals surface area contributed by atoms with Crippen LogP contribution >= 0.6 is 0 Å². The summed E-state index contributed by atoms with van der Waals surface area (Å²) in [5.41, 5.74) is -1.25. The monoisotopic (exact) mass is 374 g/mol. The molecule has 26 heavy (non-hydrogen) atoms. The third kappa shape index (κ3) is 13.9. The first-order valence-electron chi connectivity index (χ1n) is 10.1. The van der Waals surface area contributed by atoms with Crippen molar-refractivity contribution in [2.75, 3.05) is 6.54 Å². The topological polar surface area (TPSA) is 102 Å². The number of unbranched alkanes of at least 4 members (excludes halogenated alkanes) is 8. The van der Waals surface area contributed by atoms with Crippen LogP contribution in [0.1, 0.15) is 97.8 Å². The quantitative estimate of drug-likeness (QED) is 0.226. The van der Waals surface area contributed by atoms with Gasteiger partial charge in [0.05, 0.1) is 6.10 Å². The van der Waals surface area contributed by atoms with E-state index >= 15 is 0 Å². The molecule has 0 aromatic carbocycles. The van der Waals surface area contributed by atoms with E-state index in [9.17, 15) is 20.0 Å². The molecule has 1 amide bonds. The zero-order chi connectivity index (χ0) is 19.8. The fraction of sp³-hybridized carbons (Fsp3) is 0.947. The highest BCUT2D eigenvalue weighted by Crippen LogP contribution is 2.18. The smallest absolute Gasteiger partial charge is 0.295 e. The first kappa shape index (κ1) is 24.6. The highest BCUT2D eigenvalue weighted by atomic mass is 17.0. The van der Waals surface area contributed by atoms with Crippen LogP contribution in [0.25, 0.3) is 0 Å². The van der Waals surface area contributed by atoms with Gasteiger partial charge in [0.2, 0.25) is 5.91 Å². The standard InChI is InChI=1S/C19H38N2O5/c1-4-5-6-7-8-9-10-11-12-15-18(23)20-16-13-14-17(22)19(2,3)26-21(24)25/h17,22H,4-16H2,1-3H3,(H,20,23). The number of hydrogen-bond acceptors (Lipinski definition) is 5. The largest absolute Gasteiger partial charge is 0.391 e. The molecular weight excluding hydrogens is 336 g/mol. The van der Waals surface area contributed by atoms with Gasteiger partial charge in [-0.15, -0.1) is 10.1 Å². The van der Waals surface area contributed by atoms with Crippen molar-refractivity contribution in [3.05, 3.63) is 10.1 Å². The molecule has 0 saturated carbocycles. The molecule has 2 N–H and O–H groups in total. The summed E-state index contributed by atoms with van der Waals surface area (Å²) in [5.74, 6) is 0.0308. The molecule has 1 unspecified atom stereocenters. The van der Waals surface area contributed by atoms with Gasteiger partial charge in [0.1, 0.15) is 5.60 Å². The molecule has 154 valence electrons. The summed E-state index contributed by atoms with van der Waals surface area (Å²) in [5, 5.41) is 22.3. The van der Waals surface area contributed by atoms with Crippen molar-refractivity contribution in [2.24, 2.45) is 0 Å². The summed E-state index contributed by atoms with van der Waals surface area (Å²) in [6.07, 6.45) is 11.5. The second-order valence-electron chi connectivity index (χ2n) is 7.50. The van der Waals surface area contributed by atoms with E-state index < -0.39 is 16.8 Å². The molecule has 0 aliphatic heterocycles. The Hall–Kier alpha value is -1.37. The minimum atomic E-state index is -1.25. The van der Waals surface area contributed by atoms with E-state index in [2.05, 4.69) is 17.1 Å². The van der Waals surface area contributed by atoms with Crippen LogP contribution in [0.4, 0.5) is 0 Å². The summed E-state index contributed by atoms with van der Waals surface area (Å²) in [4.78, 5) is 26.6. The zero-order valence-corrected chi connectivity index (χ0v) is 16.8. The van der Waals surface area contributed by atoms with E-state index in [1.54, 1.807) is 0 Å². The Morgan fingerprint density at radius 3 is 2.15 bits per heavy atom. The molecule has 0 fully saturated rings. The molecule has 0 bridgehead atoms. The number of amides is 1. The van der Waals surface area contributed by atoms with Crippen LogP contribution in [0.15, 0.2) is 0 Å². The van der Waals surface area contributed by atoms with Crippen LogP contribution < -0.4 is 5.32 Å². The fourth-order valence-electron chi connectivity index (χ4n) is 2.81. The first-order chi connectivity index (χ1) is 12.3. The number of nitrogens with one attached hydrogen (secondary N) is 1. The van der Waals surface area contributed by atoms with Gasteiger partial charge in [-0.2, -0.15) is 0 Å². The lowest BCUT2D eigenvalue weighted by atomic mass is 9.97. The fourth-order valence-corrected chi connectivity index (χ4v) is 2.81. The number of nitrogens with zero attached hydrogens (tertiary/aromatic N) is 1. The van der Waals surface area contributed by atoms with Gasteiger partial charge in [-0.05, 0) is 33.1 Å². The Morgan fingerprint density at radius 1 is 1.08 bits per heavy atom. The molecule has 0 heterocycles. The zero-order valence-electron chi connectivity index (χ0n) is 16.8. The maximum atomic E-state index is 11.7. The van der Waals surface area contributed by atoms with Crippen LogP contribution in [0.3, 0.4) is 0 Å². The third-order valence-corrected chi connectivity index (χ3v) is 4.60. The van der Waals surface area contributed by atoms with Crippen LogP contribution in [0, 0.1) is 10.1 Å². The van der Waals surface area contributed by atoms with E-state index in [-0.39, 0.29) is 5.91 Å². The van der Waals surface area contributed by atoms with Gasteiger partial charge in [0, 0.05) is 13.0 Å². The van der Waals surface area contributed by atoms with Crippen LogP contribution in [-0.2, 0) is 9.63 Å². The molecule has 0 aromatic rings. The van der Waals surface area contributed by atoms with Gasteiger partial charge in [0.25, 0.3) is 5.09 Å². The van der Waals surface area contributed by atoms with Gasteiger partial charge in [0.15, 0.2) is 0 Å². The second kappa shape index (κ2) is 14.8. The van der Waals surface area contributed by atoms with E-state index in [4.69, 9.17) is 0 Å². The van der Waals surface area contributed by atoms with E-state index in [0.717, 1.165) is 12.8 Å². The Balaban J connectivity index is 3.56. The van der Waals surface area contributed by atoms with Crippen molar-refractivity contribution in [3.8, 4) is 0 Å². The Kier molecular flexibility index (Phi) is 14.0.